The van der Waals surface area contributed by atoms with E-state index in [2.05, 4.69) is 6.07 Å². The van der Waals surface area contributed by atoms with Crippen molar-refractivity contribution in [2.45, 2.75) is 25.3 Å². The van der Waals surface area contributed by atoms with Gasteiger partial charge in [0.1, 0.15) is 0 Å². The number of rotatable bonds is 5. The minimum atomic E-state index is -0.145. The van der Waals surface area contributed by atoms with Crippen molar-refractivity contribution in [2.75, 3.05) is 27.3 Å². The number of nitrogens with two attached hydrogens (primary N) is 1. The molecule has 0 bridgehead atoms. The molecular weight excluding hydrogens is 240 g/mol. The molecule has 1 atom stereocenters. The molecule has 0 radical (unpaired) electrons. The van der Waals surface area contributed by atoms with Crippen LogP contribution in [0.4, 0.5) is 0 Å². The van der Waals surface area contributed by atoms with Gasteiger partial charge in [-0.05, 0) is 42.5 Å². The molecule has 2 N–H and O–H groups in total. The van der Waals surface area contributed by atoms with Crippen molar-refractivity contribution < 1.29 is 9.53 Å². The first-order valence-corrected chi connectivity index (χ1v) is 6.73. The topological polar surface area (TPSA) is 55.6 Å². The van der Waals surface area contributed by atoms with Crippen molar-refractivity contribution in [2.24, 2.45) is 5.73 Å². The Balaban J connectivity index is 2.02. The van der Waals surface area contributed by atoms with Crippen LogP contribution in [0.1, 0.15) is 27.9 Å². The van der Waals surface area contributed by atoms with Crippen molar-refractivity contribution in [1.82, 2.24) is 4.90 Å². The number of hydrogen-bond donors (Lipinski definition) is 1. The maximum atomic E-state index is 12.3. The lowest BCUT2D eigenvalue weighted by Gasteiger charge is -2.21. The third-order valence-corrected chi connectivity index (χ3v) is 3.58. The van der Waals surface area contributed by atoms with Crippen LogP contribution in [-0.2, 0) is 17.6 Å². The van der Waals surface area contributed by atoms with Crippen LogP contribution in [-0.4, -0.2) is 44.2 Å². The molecule has 104 valence electrons. The van der Waals surface area contributed by atoms with Gasteiger partial charge in [-0.3, -0.25) is 4.79 Å². The highest BCUT2D eigenvalue weighted by molar-refractivity contribution is 5.94. The lowest BCUT2D eigenvalue weighted by molar-refractivity contribution is 0.0764. The summed E-state index contributed by atoms with van der Waals surface area (Å²) in [5, 5.41) is 0. The summed E-state index contributed by atoms with van der Waals surface area (Å²) in [5.41, 5.74) is 9.33. The van der Waals surface area contributed by atoms with E-state index in [1.165, 1.54) is 17.5 Å². The first kappa shape index (κ1) is 14.0. The second kappa shape index (κ2) is 6.17. The van der Waals surface area contributed by atoms with Crippen molar-refractivity contribution in [3.05, 3.63) is 34.9 Å². The number of methoxy groups -OCH3 is 1. The van der Waals surface area contributed by atoms with E-state index < -0.39 is 0 Å². The Labute approximate surface area is 114 Å². The molecule has 1 aliphatic rings. The smallest absolute Gasteiger partial charge is 0.253 e. The number of nitrogens with zero attached hydrogens (tertiary/aromatic N) is 1. The highest BCUT2D eigenvalue weighted by Crippen LogP contribution is 2.23. The van der Waals surface area contributed by atoms with Crippen LogP contribution in [0.5, 0.6) is 0 Å². The molecule has 19 heavy (non-hydrogen) atoms. The van der Waals surface area contributed by atoms with Crippen LogP contribution in [0.25, 0.3) is 0 Å². The summed E-state index contributed by atoms with van der Waals surface area (Å²) in [6.45, 7) is 0.964. The quantitative estimate of drug-likeness (QED) is 0.868. The highest BCUT2D eigenvalue weighted by atomic mass is 16.5. The summed E-state index contributed by atoms with van der Waals surface area (Å²) < 4.78 is 4.99. The molecule has 2 rings (SSSR count). The predicted octanol–water partition coefficient (Wildman–Crippen LogP) is 1.22. The summed E-state index contributed by atoms with van der Waals surface area (Å²) in [6.07, 6.45) is 3.42. The number of benzene rings is 1. The maximum Gasteiger partial charge on any atom is 0.253 e. The summed E-state index contributed by atoms with van der Waals surface area (Å²) in [5.74, 6) is 0.0289. The van der Waals surface area contributed by atoms with E-state index in [0.29, 0.717) is 13.2 Å². The lowest BCUT2D eigenvalue weighted by Crippen LogP contribution is -2.41. The van der Waals surface area contributed by atoms with Crippen LogP contribution in [0.2, 0.25) is 0 Å². The SMILES string of the molecule is COCC(N)CN(C)C(=O)c1ccc2c(c1)CCC2. The van der Waals surface area contributed by atoms with E-state index in [0.717, 1.165) is 18.4 Å². The van der Waals surface area contributed by atoms with Crippen molar-refractivity contribution in [1.29, 1.82) is 0 Å². The zero-order chi connectivity index (χ0) is 13.8. The van der Waals surface area contributed by atoms with Gasteiger partial charge >= 0.3 is 0 Å². The molecule has 1 amide bonds. The van der Waals surface area contributed by atoms with Gasteiger partial charge in [0.15, 0.2) is 0 Å². The average molecular weight is 262 g/mol. The van der Waals surface area contributed by atoms with E-state index in [1.54, 1.807) is 19.1 Å². The first-order valence-electron chi connectivity index (χ1n) is 6.73. The molecule has 1 aliphatic carbocycles. The third-order valence-electron chi connectivity index (χ3n) is 3.58. The van der Waals surface area contributed by atoms with Gasteiger partial charge in [-0.15, -0.1) is 0 Å². The van der Waals surface area contributed by atoms with E-state index in [4.69, 9.17) is 10.5 Å². The third kappa shape index (κ3) is 3.33. The summed E-state index contributed by atoms with van der Waals surface area (Å²) >= 11 is 0. The molecule has 0 spiro atoms. The van der Waals surface area contributed by atoms with Gasteiger partial charge in [-0.1, -0.05) is 6.07 Å². The molecule has 0 heterocycles. The fraction of sp³-hybridized carbons (Fsp3) is 0.533. The van der Waals surface area contributed by atoms with Crippen LogP contribution in [0.15, 0.2) is 18.2 Å². The number of hydrogen-bond acceptors (Lipinski definition) is 3. The van der Waals surface area contributed by atoms with Crippen LogP contribution < -0.4 is 5.73 Å². The zero-order valence-electron chi connectivity index (χ0n) is 11.7. The van der Waals surface area contributed by atoms with Gasteiger partial charge in [0.2, 0.25) is 0 Å². The van der Waals surface area contributed by atoms with Crippen LogP contribution in [0.3, 0.4) is 0 Å². The number of carbonyl (C=O) groups is 1. The second-order valence-electron chi connectivity index (χ2n) is 5.24. The Kier molecular flexibility index (Phi) is 4.56. The van der Waals surface area contributed by atoms with E-state index in [1.807, 2.05) is 12.1 Å². The number of aryl methyl sites for hydroxylation is 2. The molecule has 4 heteroatoms. The Morgan fingerprint density at radius 1 is 1.42 bits per heavy atom. The van der Waals surface area contributed by atoms with Crippen LogP contribution >= 0.6 is 0 Å². The fourth-order valence-corrected chi connectivity index (χ4v) is 2.63. The van der Waals surface area contributed by atoms with Gasteiger partial charge in [0.25, 0.3) is 5.91 Å². The molecule has 0 saturated heterocycles. The number of likely N-dealkylation sites (N-methyl/N-ethyl adjacent to an activating group) is 1. The molecule has 0 aliphatic heterocycles. The van der Waals surface area contributed by atoms with Crippen LogP contribution in [0, 0.1) is 0 Å². The zero-order valence-corrected chi connectivity index (χ0v) is 11.7. The molecule has 0 saturated carbocycles. The molecule has 1 aromatic carbocycles. The molecule has 1 aromatic rings. The van der Waals surface area contributed by atoms with E-state index in [9.17, 15) is 4.79 Å². The molecule has 0 fully saturated rings. The van der Waals surface area contributed by atoms with Gasteiger partial charge < -0.3 is 15.4 Å². The number of ether oxygens (including phenoxy) is 1. The first-order chi connectivity index (χ1) is 9.11. The minimum absolute atomic E-state index is 0.0289. The van der Waals surface area contributed by atoms with Gasteiger partial charge in [0, 0.05) is 32.3 Å². The normalized spacial score (nSPS) is 15.1. The largest absolute Gasteiger partial charge is 0.383 e. The molecule has 0 aromatic heterocycles. The highest BCUT2D eigenvalue weighted by Gasteiger charge is 2.17. The summed E-state index contributed by atoms with van der Waals surface area (Å²) in [6, 6.07) is 5.89. The summed E-state index contributed by atoms with van der Waals surface area (Å²) in [7, 11) is 3.40. The Morgan fingerprint density at radius 2 is 2.16 bits per heavy atom. The Bertz CT molecular complexity index is 459. The van der Waals surface area contributed by atoms with Crippen molar-refractivity contribution in [3.63, 3.8) is 0 Å². The van der Waals surface area contributed by atoms with E-state index in [-0.39, 0.29) is 11.9 Å². The van der Waals surface area contributed by atoms with Crippen molar-refractivity contribution in [3.8, 4) is 0 Å². The van der Waals surface area contributed by atoms with Crippen molar-refractivity contribution >= 4 is 5.91 Å². The average Bonchev–Trinajstić information content (AvgIpc) is 2.85. The number of carbonyl (C=O) groups excluding carboxylic acids is 1. The molecule has 4 nitrogen and oxygen atoms in total. The molecule has 1 unspecified atom stereocenters. The Hall–Kier alpha value is -1.39. The van der Waals surface area contributed by atoms with Gasteiger partial charge in [-0.25, -0.2) is 0 Å². The molecular formula is C15H22N2O2. The minimum Gasteiger partial charge on any atom is -0.383 e. The van der Waals surface area contributed by atoms with Gasteiger partial charge in [-0.2, -0.15) is 0 Å². The van der Waals surface area contributed by atoms with E-state index >= 15 is 0 Å². The number of fused-ring (bicyclic) bond motifs is 1. The fourth-order valence-electron chi connectivity index (χ4n) is 2.63. The Morgan fingerprint density at radius 3 is 2.89 bits per heavy atom. The number of amides is 1. The predicted molar refractivity (Wildman–Crippen MR) is 75.3 cm³/mol. The second-order valence-corrected chi connectivity index (χ2v) is 5.24. The van der Waals surface area contributed by atoms with Gasteiger partial charge in [0.05, 0.1) is 6.61 Å². The standard InChI is InChI=1S/C15H22N2O2/c1-17(9-14(16)10-19-2)15(18)13-7-6-11-4-3-5-12(11)8-13/h6-8,14H,3-5,9-10,16H2,1-2H3. The summed E-state index contributed by atoms with van der Waals surface area (Å²) in [4.78, 5) is 14.0. The monoisotopic (exact) mass is 262 g/mol. The lowest BCUT2D eigenvalue weighted by atomic mass is 10.1. The maximum absolute atomic E-state index is 12.3.